The van der Waals surface area contributed by atoms with E-state index in [-0.39, 0.29) is 0 Å². The molecule has 0 aliphatic carbocycles. The molecule has 1 aliphatic rings. The molecule has 1 saturated heterocycles. The Balaban J connectivity index is 2.37. The first kappa shape index (κ1) is 10.6. The molecule has 0 saturated carbocycles. The van der Waals surface area contributed by atoms with Crippen LogP contribution in [0.1, 0.15) is 19.3 Å². The maximum absolute atomic E-state index is 5.80. The van der Waals surface area contributed by atoms with Gasteiger partial charge in [0.1, 0.15) is 0 Å². The summed E-state index contributed by atoms with van der Waals surface area (Å²) in [7, 11) is 0.0751. The van der Waals surface area contributed by atoms with Gasteiger partial charge in [-0.3, -0.25) is 0 Å². The van der Waals surface area contributed by atoms with Gasteiger partial charge in [-0.15, -0.1) is 0 Å². The molecule has 0 N–H and O–H groups in total. The zero-order valence-corrected chi connectivity index (χ0v) is 9.61. The first-order valence-electron chi connectivity index (χ1n) is 4.63. The van der Waals surface area contributed by atoms with Gasteiger partial charge < -0.3 is 8.85 Å². The average molecular weight is 206 g/mol. The molecular weight excluding hydrogens is 188 g/mol. The van der Waals surface area contributed by atoms with Crippen LogP contribution in [-0.4, -0.2) is 28.0 Å². The first-order valence-corrected chi connectivity index (χ1v) is 7.49. The maximum Gasteiger partial charge on any atom is 0.337 e. The first-order chi connectivity index (χ1) is 5.83. The predicted octanol–water partition coefficient (Wildman–Crippen LogP) is 2.21. The minimum atomic E-state index is -1.73. The molecule has 1 fully saturated rings. The van der Waals surface area contributed by atoms with Gasteiger partial charge >= 0.3 is 8.56 Å². The Morgan fingerprint density at radius 1 is 1.50 bits per heavy atom. The molecule has 1 aliphatic heterocycles. The third-order valence-corrected chi connectivity index (χ3v) is 6.43. The Hall–Kier alpha value is 0.487. The lowest BCUT2D eigenvalue weighted by molar-refractivity contribution is 0.174. The zero-order chi connectivity index (χ0) is 8.86. The third-order valence-electron chi connectivity index (χ3n) is 2.40. The highest BCUT2D eigenvalue weighted by Gasteiger charge is 2.37. The minimum Gasteiger partial charge on any atom is -0.398 e. The molecule has 0 aromatic rings. The van der Waals surface area contributed by atoms with Gasteiger partial charge in [-0.1, -0.05) is 0 Å². The van der Waals surface area contributed by atoms with Gasteiger partial charge in [0, 0.05) is 13.7 Å². The Labute approximate surface area is 81.3 Å². The van der Waals surface area contributed by atoms with Crippen LogP contribution < -0.4 is 0 Å². The van der Waals surface area contributed by atoms with Crippen LogP contribution in [0.15, 0.2) is 0 Å². The highest BCUT2D eigenvalue weighted by molar-refractivity contribution is 7.80. The molecule has 12 heavy (non-hydrogen) atoms. The molecule has 72 valence electrons. The van der Waals surface area contributed by atoms with Gasteiger partial charge in [0.2, 0.25) is 0 Å². The van der Waals surface area contributed by atoms with Crippen LogP contribution in [0.25, 0.3) is 0 Å². The summed E-state index contributed by atoms with van der Waals surface area (Å²) >= 11 is 4.21. The average Bonchev–Trinajstić information content (AvgIpc) is 2.16. The Kier molecular flexibility index (Phi) is 4.64. The number of thiol groups is 1. The summed E-state index contributed by atoms with van der Waals surface area (Å²) < 4.78 is 11.4. The number of hydrogen-bond acceptors (Lipinski definition) is 3. The highest BCUT2D eigenvalue weighted by Crippen LogP contribution is 2.27. The van der Waals surface area contributed by atoms with Gasteiger partial charge in [0.15, 0.2) is 0 Å². The van der Waals surface area contributed by atoms with Crippen molar-refractivity contribution in [3.05, 3.63) is 0 Å². The normalized spacial score (nSPS) is 30.5. The van der Waals surface area contributed by atoms with Gasteiger partial charge in [0.05, 0.1) is 0 Å². The number of rotatable bonds is 4. The molecule has 0 aromatic carbocycles. The van der Waals surface area contributed by atoms with E-state index in [2.05, 4.69) is 12.6 Å². The summed E-state index contributed by atoms with van der Waals surface area (Å²) in [5.74, 6) is 0.946. The second kappa shape index (κ2) is 5.27. The summed E-state index contributed by atoms with van der Waals surface area (Å²) in [4.78, 5) is 0. The van der Waals surface area contributed by atoms with Crippen LogP contribution in [0.3, 0.4) is 0 Å². The van der Waals surface area contributed by atoms with E-state index in [9.17, 15) is 0 Å². The molecule has 4 heteroatoms. The SMILES string of the molecule is CO[Si]1(CCCS)CCCCO1. The Bertz CT molecular complexity index is 126. The molecule has 1 heterocycles. The fraction of sp³-hybridized carbons (Fsp3) is 1.00. The van der Waals surface area contributed by atoms with Crippen molar-refractivity contribution in [1.29, 1.82) is 0 Å². The lowest BCUT2D eigenvalue weighted by atomic mass is 10.4. The molecule has 0 amide bonds. The summed E-state index contributed by atoms with van der Waals surface area (Å²) in [6.45, 7) is 0.909. The van der Waals surface area contributed by atoms with Crippen LogP contribution >= 0.6 is 12.6 Å². The second-order valence-corrected chi connectivity index (χ2v) is 7.21. The van der Waals surface area contributed by atoms with Gasteiger partial charge in [-0.2, -0.15) is 12.6 Å². The molecule has 0 aromatic heterocycles. The quantitative estimate of drug-likeness (QED) is 0.561. The molecule has 0 bridgehead atoms. The van der Waals surface area contributed by atoms with E-state index >= 15 is 0 Å². The summed E-state index contributed by atoms with van der Waals surface area (Å²) in [5.41, 5.74) is 0. The van der Waals surface area contributed by atoms with Crippen LogP contribution in [0.2, 0.25) is 12.1 Å². The van der Waals surface area contributed by atoms with E-state index in [4.69, 9.17) is 8.85 Å². The van der Waals surface area contributed by atoms with Crippen molar-refractivity contribution in [1.82, 2.24) is 0 Å². The van der Waals surface area contributed by atoms with E-state index in [1.165, 1.54) is 18.9 Å². The van der Waals surface area contributed by atoms with E-state index in [1.54, 1.807) is 7.11 Å². The van der Waals surface area contributed by atoms with Crippen LogP contribution in [0.5, 0.6) is 0 Å². The number of hydrogen-bond donors (Lipinski definition) is 1. The monoisotopic (exact) mass is 206 g/mol. The summed E-state index contributed by atoms with van der Waals surface area (Å²) in [5, 5.41) is 0. The van der Waals surface area contributed by atoms with Crippen molar-refractivity contribution < 1.29 is 8.85 Å². The van der Waals surface area contributed by atoms with E-state index < -0.39 is 8.56 Å². The van der Waals surface area contributed by atoms with Crippen molar-refractivity contribution in [2.45, 2.75) is 31.4 Å². The van der Waals surface area contributed by atoms with Crippen molar-refractivity contribution in [2.24, 2.45) is 0 Å². The molecule has 1 atom stereocenters. The largest absolute Gasteiger partial charge is 0.398 e. The highest BCUT2D eigenvalue weighted by atomic mass is 32.1. The van der Waals surface area contributed by atoms with Crippen molar-refractivity contribution in [2.75, 3.05) is 19.5 Å². The second-order valence-electron chi connectivity index (χ2n) is 3.25. The minimum absolute atomic E-state index is 0.909. The van der Waals surface area contributed by atoms with Crippen LogP contribution in [0.4, 0.5) is 0 Å². The standard InChI is InChI=1S/C8H18O2SSi/c1-9-12(8-4-6-11)7-3-2-5-10-12/h11H,2-8H2,1H3. The molecule has 1 rings (SSSR count). The maximum atomic E-state index is 5.80. The topological polar surface area (TPSA) is 18.5 Å². The van der Waals surface area contributed by atoms with Gasteiger partial charge in [-0.25, -0.2) is 0 Å². The summed E-state index contributed by atoms with van der Waals surface area (Å²) in [6, 6.07) is 2.30. The van der Waals surface area contributed by atoms with Gasteiger partial charge in [-0.05, 0) is 37.1 Å². The summed E-state index contributed by atoms with van der Waals surface area (Å²) in [6.07, 6.45) is 3.62. The Morgan fingerprint density at radius 3 is 2.83 bits per heavy atom. The van der Waals surface area contributed by atoms with Crippen molar-refractivity contribution in [3.63, 3.8) is 0 Å². The Morgan fingerprint density at radius 2 is 2.33 bits per heavy atom. The van der Waals surface area contributed by atoms with E-state index in [1.807, 2.05) is 0 Å². The smallest absolute Gasteiger partial charge is 0.337 e. The molecular formula is C8H18O2SSi. The van der Waals surface area contributed by atoms with Crippen molar-refractivity contribution in [3.8, 4) is 0 Å². The van der Waals surface area contributed by atoms with Crippen LogP contribution in [-0.2, 0) is 8.85 Å². The van der Waals surface area contributed by atoms with Gasteiger partial charge in [0.25, 0.3) is 0 Å². The van der Waals surface area contributed by atoms with Crippen LogP contribution in [0, 0.1) is 0 Å². The molecule has 2 nitrogen and oxygen atoms in total. The lowest BCUT2D eigenvalue weighted by Crippen LogP contribution is -2.43. The van der Waals surface area contributed by atoms with E-state index in [0.29, 0.717) is 0 Å². The fourth-order valence-electron chi connectivity index (χ4n) is 1.64. The fourth-order valence-corrected chi connectivity index (χ4v) is 5.18. The lowest BCUT2D eigenvalue weighted by Gasteiger charge is -2.32. The predicted molar refractivity (Wildman–Crippen MR) is 56.0 cm³/mol. The molecule has 0 radical (unpaired) electrons. The van der Waals surface area contributed by atoms with Crippen molar-refractivity contribution >= 4 is 21.2 Å². The molecule has 1 unspecified atom stereocenters. The third kappa shape index (κ3) is 2.76. The molecule has 0 spiro atoms. The van der Waals surface area contributed by atoms with E-state index in [0.717, 1.165) is 24.8 Å². The zero-order valence-electron chi connectivity index (χ0n) is 7.71.